The van der Waals surface area contributed by atoms with Gasteiger partial charge in [0.05, 0.1) is 6.61 Å². The third-order valence-electron chi connectivity index (χ3n) is 2.49. The summed E-state index contributed by atoms with van der Waals surface area (Å²) >= 11 is 0. The average Bonchev–Trinajstić information content (AvgIpc) is 2.37. The van der Waals surface area contributed by atoms with Crippen molar-refractivity contribution in [2.24, 2.45) is 0 Å². The van der Waals surface area contributed by atoms with Crippen LogP contribution in [-0.2, 0) is 4.79 Å². The topological polar surface area (TPSA) is 38.3 Å². The Kier molecular flexibility index (Phi) is 6.84. The maximum atomic E-state index is 13.2. The highest BCUT2D eigenvalue weighted by molar-refractivity contribution is 5.75. The molecule has 0 saturated carbocycles. The number of carbonyl (C=O) groups is 1. The Morgan fingerprint density at radius 3 is 2.83 bits per heavy atom. The van der Waals surface area contributed by atoms with Crippen LogP contribution in [-0.4, -0.2) is 19.1 Å². The number of carbonyl (C=O) groups excluding carboxylic acids is 1. The number of halogens is 1. The van der Waals surface area contributed by atoms with Crippen molar-refractivity contribution >= 4 is 5.91 Å². The van der Waals surface area contributed by atoms with E-state index in [2.05, 4.69) is 12.2 Å². The van der Waals surface area contributed by atoms with Crippen LogP contribution < -0.4 is 10.1 Å². The molecule has 3 nitrogen and oxygen atoms in total. The van der Waals surface area contributed by atoms with Crippen LogP contribution in [0.3, 0.4) is 0 Å². The van der Waals surface area contributed by atoms with Crippen LogP contribution in [0.4, 0.5) is 4.39 Å². The van der Waals surface area contributed by atoms with E-state index in [0.717, 1.165) is 19.4 Å². The zero-order valence-corrected chi connectivity index (χ0v) is 10.7. The summed E-state index contributed by atoms with van der Waals surface area (Å²) in [4.78, 5) is 11.4. The summed E-state index contributed by atoms with van der Waals surface area (Å²) in [5.74, 6) is -0.102. The maximum Gasteiger partial charge on any atom is 0.220 e. The van der Waals surface area contributed by atoms with Crippen molar-refractivity contribution in [3.05, 3.63) is 30.1 Å². The van der Waals surface area contributed by atoms with Crippen LogP contribution in [0.2, 0.25) is 0 Å². The second-order valence-corrected chi connectivity index (χ2v) is 4.09. The fourth-order valence-corrected chi connectivity index (χ4v) is 1.47. The van der Waals surface area contributed by atoms with Crippen molar-refractivity contribution in [3.8, 4) is 5.75 Å². The zero-order chi connectivity index (χ0) is 13.2. The highest BCUT2D eigenvalue weighted by Crippen LogP contribution is 2.15. The van der Waals surface area contributed by atoms with Gasteiger partial charge in [0.15, 0.2) is 11.6 Å². The molecular weight excluding hydrogens is 233 g/mol. The molecule has 0 aliphatic carbocycles. The first-order chi connectivity index (χ1) is 8.74. The van der Waals surface area contributed by atoms with Crippen molar-refractivity contribution in [2.75, 3.05) is 13.2 Å². The summed E-state index contributed by atoms with van der Waals surface area (Å²) < 4.78 is 18.4. The molecule has 1 amide bonds. The van der Waals surface area contributed by atoms with Crippen LogP contribution in [0.25, 0.3) is 0 Å². The molecule has 0 fully saturated rings. The van der Waals surface area contributed by atoms with Gasteiger partial charge in [-0.1, -0.05) is 25.5 Å². The maximum absolute atomic E-state index is 13.2. The molecule has 1 rings (SSSR count). The Hall–Kier alpha value is -1.58. The number of hydrogen-bond donors (Lipinski definition) is 1. The highest BCUT2D eigenvalue weighted by Gasteiger charge is 2.03. The SMILES string of the molecule is CCCCNC(=O)CCCOc1ccccc1F. The molecule has 0 saturated heterocycles. The van der Waals surface area contributed by atoms with Gasteiger partial charge in [-0.2, -0.15) is 0 Å². The first kappa shape index (κ1) is 14.5. The van der Waals surface area contributed by atoms with E-state index in [0.29, 0.717) is 19.4 Å². The van der Waals surface area contributed by atoms with Gasteiger partial charge in [-0.25, -0.2) is 4.39 Å². The van der Waals surface area contributed by atoms with Crippen molar-refractivity contribution < 1.29 is 13.9 Å². The van der Waals surface area contributed by atoms with E-state index < -0.39 is 0 Å². The lowest BCUT2D eigenvalue weighted by molar-refractivity contribution is -0.121. The number of rotatable bonds is 8. The standard InChI is InChI=1S/C14H20FNO2/c1-2-3-10-16-14(17)9-6-11-18-13-8-5-4-7-12(13)15/h4-5,7-8H,2-3,6,9-11H2,1H3,(H,16,17). The number of nitrogens with one attached hydrogen (secondary N) is 1. The summed E-state index contributed by atoms with van der Waals surface area (Å²) in [5, 5.41) is 2.83. The molecule has 0 atom stereocenters. The van der Waals surface area contributed by atoms with Crippen molar-refractivity contribution in [3.63, 3.8) is 0 Å². The molecule has 0 radical (unpaired) electrons. The van der Waals surface area contributed by atoms with Gasteiger partial charge in [-0.05, 0) is 25.0 Å². The molecule has 0 spiro atoms. The summed E-state index contributed by atoms with van der Waals surface area (Å²) in [6, 6.07) is 6.27. The highest BCUT2D eigenvalue weighted by atomic mass is 19.1. The summed E-state index contributed by atoms with van der Waals surface area (Å²) in [5.41, 5.74) is 0. The molecule has 100 valence electrons. The van der Waals surface area contributed by atoms with Gasteiger partial charge >= 0.3 is 0 Å². The summed E-state index contributed by atoms with van der Waals surface area (Å²) in [6.07, 6.45) is 3.07. The smallest absolute Gasteiger partial charge is 0.220 e. The molecule has 0 aliphatic heterocycles. The van der Waals surface area contributed by atoms with E-state index in [1.54, 1.807) is 18.2 Å². The van der Waals surface area contributed by atoms with Crippen LogP contribution in [0, 0.1) is 5.82 Å². The normalized spacial score (nSPS) is 10.1. The molecule has 1 aromatic carbocycles. The fourth-order valence-electron chi connectivity index (χ4n) is 1.47. The minimum absolute atomic E-state index is 0.0283. The number of hydrogen-bond acceptors (Lipinski definition) is 2. The van der Waals surface area contributed by atoms with Crippen LogP contribution in [0.15, 0.2) is 24.3 Å². The van der Waals surface area contributed by atoms with E-state index in [1.165, 1.54) is 6.07 Å². The predicted octanol–water partition coefficient (Wildman–Crippen LogP) is 2.90. The molecule has 18 heavy (non-hydrogen) atoms. The third-order valence-corrected chi connectivity index (χ3v) is 2.49. The number of unbranched alkanes of at least 4 members (excludes halogenated alkanes) is 1. The van der Waals surface area contributed by atoms with E-state index in [9.17, 15) is 9.18 Å². The van der Waals surface area contributed by atoms with Gasteiger partial charge < -0.3 is 10.1 Å². The second kappa shape index (κ2) is 8.50. The summed E-state index contributed by atoms with van der Waals surface area (Å²) in [6.45, 7) is 3.15. The third kappa shape index (κ3) is 5.66. The van der Waals surface area contributed by atoms with Gasteiger partial charge in [0.25, 0.3) is 0 Å². The molecule has 1 N–H and O–H groups in total. The molecule has 4 heteroatoms. The van der Waals surface area contributed by atoms with Crippen LogP contribution in [0.1, 0.15) is 32.6 Å². The molecular formula is C14H20FNO2. The Labute approximate surface area is 107 Å². The Morgan fingerprint density at radius 2 is 2.11 bits per heavy atom. The first-order valence-corrected chi connectivity index (χ1v) is 6.38. The van der Waals surface area contributed by atoms with Gasteiger partial charge in [0, 0.05) is 13.0 Å². The van der Waals surface area contributed by atoms with Crippen LogP contribution >= 0.6 is 0 Å². The Balaban J connectivity index is 2.12. The number of para-hydroxylation sites is 1. The van der Waals surface area contributed by atoms with E-state index in [1.807, 2.05) is 0 Å². The molecule has 0 heterocycles. The number of amides is 1. The van der Waals surface area contributed by atoms with E-state index >= 15 is 0 Å². The minimum atomic E-state index is -0.370. The van der Waals surface area contributed by atoms with Crippen molar-refractivity contribution in [2.45, 2.75) is 32.6 Å². The van der Waals surface area contributed by atoms with E-state index in [-0.39, 0.29) is 17.5 Å². The molecule has 0 aliphatic rings. The number of ether oxygens (including phenoxy) is 1. The average molecular weight is 253 g/mol. The molecule has 0 aromatic heterocycles. The lowest BCUT2D eigenvalue weighted by atomic mass is 10.3. The lowest BCUT2D eigenvalue weighted by Crippen LogP contribution is -2.24. The fraction of sp³-hybridized carbons (Fsp3) is 0.500. The predicted molar refractivity (Wildman–Crippen MR) is 69.0 cm³/mol. The number of benzene rings is 1. The molecule has 1 aromatic rings. The second-order valence-electron chi connectivity index (χ2n) is 4.09. The Bertz CT molecular complexity index is 369. The largest absolute Gasteiger partial charge is 0.491 e. The van der Waals surface area contributed by atoms with Gasteiger partial charge in [0.1, 0.15) is 0 Å². The summed E-state index contributed by atoms with van der Waals surface area (Å²) in [7, 11) is 0. The van der Waals surface area contributed by atoms with E-state index in [4.69, 9.17) is 4.74 Å². The van der Waals surface area contributed by atoms with Gasteiger partial charge in [0.2, 0.25) is 5.91 Å². The quantitative estimate of drug-likeness (QED) is 0.723. The minimum Gasteiger partial charge on any atom is -0.491 e. The lowest BCUT2D eigenvalue weighted by Gasteiger charge is -2.07. The van der Waals surface area contributed by atoms with Crippen molar-refractivity contribution in [1.82, 2.24) is 5.32 Å². The van der Waals surface area contributed by atoms with Gasteiger partial charge in [-0.15, -0.1) is 0 Å². The first-order valence-electron chi connectivity index (χ1n) is 6.38. The van der Waals surface area contributed by atoms with Crippen molar-refractivity contribution in [1.29, 1.82) is 0 Å². The molecule has 0 bridgehead atoms. The zero-order valence-electron chi connectivity index (χ0n) is 10.7. The molecule has 0 unspecified atom stereocenters. The van der Waals surface area contributed by atoms with Crippen LogP contribution in [0.5, 0.6) is 5.75 Å². The van der Waals surface area contributed by atoms with Gasteiger partial charge in [-0.3, -0.25) is 4.79 Å². The monoisotopic (exact) mass is 253 g/mol. The Morgan fingerprint density at radius 1 is 1.33 bits per heavy atom.